The van der Waals surface area contributed by atoms with Gasteiger partial charge in [-0.25, -0.2) is 0 Å². The molecule has 1 heterocycles. The number of benzene rings is 2. The average molecular weight is 299 g/mol. The Hall–Kier alpha value is -2.62. The van der Waals surface area contributed by atoms with Crippen molar-refractivity contribution in [1.82, 2.24) is 4.98 Å². The minimum atomic E-state index is -4.30. The normalized spacial score (nSPS) is 12.1. The van der Waals surface area contributed by atoms with E-state index in [1.54, 1.807) is 12.3 Å². The number of alkyl halides is 3. The molecular weight excluding hydrogens is 287 g/mol. The molecule has 0 N–H and O–H groups in total. The van der Waals surface area contributed by atoms with E-state index in [0.29, 0.717) is 5.56 Å². The van der Waals surface area contributed by atoms with Crippen LogP contribution in [0.2, 0.25) is 0 Å². The molecule has 3 aromatic rings. The van der Waals surface area contributed by atoms with Gasteiger partial charge in [0.15, 0.2) is 0 Å². The number of fused-ring (bicyclic) bond motifs is 1. The topological polar surface area (TPSA) is 12.9 Å². The maximum atomic E-state index is 12.5. The van der Waals surface area contributed by atoms with Crippen LogP contribution >= 0.6 is 0 Å². The molecule has 0 aliphatic heterocycles. The van der Waals surface area contributed by atoms with Gasteiger partial charge in [0.25, 0.3) is 0 Å². The first-order valence-electron chi connectivity index (χ1n) is 6.73. The highest BCUT2D eigenvalue weighted by Gasteiger charge is 2.29. The third-order valence-electron chi connectivity index (χ3n) is 3.36. The van der Waals surface area contributed by atoms with Crippen molar-refractivity contribution in [3.8, 4) is 0 Å². The predicted molar refractivity (Wildman–Crippen MR) is 82.1 cm³/mol. The van der Waals surface area contributed by atoms with Crippen LogP contribution in [0.25, 0.3) is 23.1 Å². The summed E-state index contributed by atoms with van der Waals surface area (Å²) in [4.78, 5) is 4.34. The second-order valence-corrected chi connectivity index (χ2v) is 4.88. The zero-order chi connectivity index (χ0) is 15.6. The van der Waals surface area contributed by atoms with E-state index in [4.69, 9.17) is 0 Å². The van der Waals surface area contributed by atoms with E-state index < -0.39 is 11.7 Å². The zero-order valence-electron chi connectivity index (χ0n) is 11.5. The van der Waals surface area contributed by atoms with Crippen molar-refractivity contribution >= 4 is 23.1 Å². The number of hydrogen-bond donors (Lipinski definition) is 0. The van der Waals surface area contributed by atoms with Gasteiger partial charge in [-0.1, -0.05) is 48.6 Å². The lowest BCUT2D eigenvalue weighted by atomic mass is 10.1. The highest BCUT2D eigenvalue weighted by Crippen LogP contribution is 2.29. The predicted octanol–water partition coefficient (Wildman–Crippen LogP) is 5.42. The Morgan fingerprint density at radius 1 is 0.818 bits per heavy atom. The number of rotatable bonds is 2. The van der Waals surface area contributed by atoms with Crippen molar-refractivity contribution in [3.63, 3.8) is 0 Å². The smallest absolute Gasteiger partial charge is 0.256 e. The fraction of sp³-hybridized carbons (Fsp3) is 0.0556. The molecule has 0 saturated carbocycles. The molecule has 0 spiro atoms. The molecule has 0 saturated heterocycles. The third-order valence-corrected chi connectivity index (χ3v) is 3.36. The van der Waals surface area contributed by atoms with Crippen molar-refractivity contribution in [2.75, 3.05) is 0 Å². The van der Waals surface area contributed by atoms with Crippen LogP contribution in [0.1, 0.15) is 16.7 Å². The summed E-state index contributed by atoms with van der Waals surface area (Å²) in [6.07, 6.45) is 1.06. The lowest BCUT2D eigenvalue weighted by Gasteiger charge is -2.06. The summed E-state index contributed by atoms with van der Waals surface area (Å²) in [5.41, 5.74) is 1.86. The molecule has 0 fully saturated rings. The maximum Gasteiger partial charge on any atom is 0.416 e. The molecular formula is C18H12F3N. The largest absolute Gasteiger partial charge is 0.416 e. The summed E-state index contributed by atoms with van der Waals surface area (Å²) in [5, 5.41) is 1.03. The second-order valence-electron chi connectivity index (χ2n) is 4.88. The molecule has 110 valence electrons. The standard InChI is InChI=1S/C18H12F3N/c19-18(20,21)16-10-7-13(8-11-16)6-9-15-4-1-3-14-5-2-12-22-17(14)15/h1-12H. The van der Waals surface area contributed by atoms with E-state index in [-0.39, 0.29) is 0 Å². The number of hydrogen-bond acceptors (Lipinski definition) is 1. The Bertz CT molecular complexity index is 812. The molecule has 0 amide bonds. The van der Waals surface area contributed by atoms with Gasteiger partial charge < -0.3 is 0 Å². The molecule has 22 heavy (non-hydrogen) atoms. The fourth-order valence-corrected chi connectivity index (χ4v) is 2.23. The van der Waals surface area contributed by atoms with Crippen LogP contribution in [0, 0.1) is 0 Å². The average Bonchev–Trinajstić information content (AvgIpc) is 2.52. The van der Waals surface area contributed by atoms with E-state index in [1.165, 1.54) is 12.1 Å². The first-order chi connectivity index (χ1) is 10.5. The number of aromatic nitrogens is 1. The van der Waals surface area contributed by atoms with E-state index in [0.717, 1.165) is 28.6 Å². The zero-order valence-corrected chi connectivity index (χ0v) is 11.5. The van der Waals surface area contributed by atoms with Gasteiger partial charge in [0, 0.05) is 17.1 Å². The van der Waals surface area contributed by atoms with Crippen molar-refractivity contribution < 1.29 is 13.2 Å². The van der Waals surface area contributed by atoms with E-state index in [2.05, 4.69) is 4.98 Å². The van der Waals surface area contributed by atoms with Gasteiger partial charge >= 0.3 is 6.18 Å². The Labute approximate surface area is 125 Å². The Balaban J connectivity index is 1.90. The van der Waals surface area contributed by atoms with Crippen LogP contribution in [0.4, 0.5) is 13.2 Å². The Morgan fingerprint density at radius 2 is 1.55 bits per heavy atom. The molecule has 0 bridgehead atoms. The van der Waals surface area contributed by atoms with E-state index in [1.807, 2.05) is 36.4 Å². The van der Waals surface area contributed by atoms with Crippen molar-refractivity contribution in [2.24, 2.45) is 0 Å². The summed E-state index contributed by atoms with van der Waals surface area (Å²) in [7, 11) is 0. The first kappa shape index (κ1) is 14.3. The van der Waals surface area contributed by atoms with Crippen molar-refractivity contribution in [2.45, 2.75) is 6.18 Å². The third kappa shape index (κ3) is 3.01. The van der Waals surface area contributed by atoms with Crippen LogP contribution in [0.5, 0.6) is 0 Å². The molecule has 1 nitrogen and oxygen atoms in total. The lowest BCUT2D eigenvalue weighted by Crippen LogP contribution is -2.03. The van der Waals surface area contributed by atoms with Gasteiger partial charge in [-0.2, -0.15) is 13.2 Å². The van der Waals surface area contributed by atoms with Crippen molar-refractivity contribution in [3.05, 3.63) is 77.5 Å². The minimum absolute atomic E-state index is 0.642. The Morgan fingerprint density at radius 3 is 2.27 bits per heavy atom. The van der Waals surface area contributed by atoms with E-state index >= 15 is 0 Å². The second kappa shape index (κ2) is 5.64. The van der Waals surface area contributed by atoms with Crippen LogP contribution in [-0.4, -0.2) is 4.98 Å². The molecule has 0 aliphatic carbocycles. The minimum Gasteiger partial charge on any atom is -0.256 e. The lowest BCUT2D eigenvalue weighted by molar-refractivity contribution is -0.137. The van der Waals surface area contributed by atoms with Gasteiger partial charge in [0.1, 0.15) is 0 Å². The SMILES string of the molecule is FC(F)(F)c1ccc(C=Cc2cccc3cccnc23)cc1. The monoisotopic (exact) mass is 299 g/mol. The summed E-state index contributed by atoms with van der Waals surface area (Å²) in [5.74, 6) is 0. The highest BCUT2D eigenvalue weighted by molar-refractivity contribution is 5.89. The molecule has 4 heteroatoms. The molecule has 0 atom stereocenters. The van der Waals surface area contributed by atoms with Gasteiger partial charge in [0.2, 0.25) is 0 Å². The van der Waals surface area contributed by atoms with Gasteiger partial charge in [-0.15, -0.1) is 0 Å². The molecule has 1 aromatic heterocycles. The quantitative estimate of drug-likeness (QED) is 0.575. The summed E-state index contributed by atoms with van der Waals surface area (Å²) >= 11 is 0. The van der Waals surface area contributed by atoms with Gasteiger partial charge in [-0.05, 0) is 23.8 Å². The Kier molecular flexibility index (Phi) is 3.67. The molecule has 0 radical (unpaired) electrons. The van der Waals surface area contributed by atoms with Crippen LogP contribution in [0.3, 0.4) is 0 Å². The summed E-state index contributed by atoms with van der Waals surface area (Å²) in [6.45, 7) is 0. The summed E-state index contributed by atoms with van der Waals surface area (Å²) in [6, 6.07) is 14.7. The number of halogens is 3. The molecule has 0 unspecified atom stereocenters. The van der Waals surface area contributed by atoms with Crippen LogP contribution in [-0.2, 0) is 6.18 Å². The maximum absolute atomic E-state index is 12.5. The highest BCUT2D eigenvalue weighted by atomic mass is 19.4. The molecule has 3 rings (SSSR count). The van der Waals surface area contributed by atoms with Crippen LogP contribution < -0.4 is 0 Å². The van der Waals surface area contributed by atoms with Crippen molar-refractivity contribution in [1.29, 1.82) is 0 Å². The number of para-hydroxylation sites is 1. The molecule has 2 aromatic carbocycles. The van der Waals surface area contributed by atoms with Gasteiger partial charge in [0.05, 0.1) is 11.1 Å². The summed E-state index contributed by atoms with van der Waals surface area (Å²) < 4.78 is 37.6. The van der Waals surface area contributed by atoms with Gasteiger partial charge in [-0.3, -0.25) is 4.98 Å². The molecule has 0 aliphatic rings. The number of nitrogens with zero attached hydrogens (tertiary/aromatic N) is 1. The van der Waals surface area contributed by atoms with E-state index in [9.17, 15) is 13.2 Å². The number of pyridine rings is 1. The first-order valence-corrected chi connectivity index (χ1v) is 6.73. The fourth-order valence-electron chi connectivity index (χ4n) is 2.23. The van der Waals surface area contributed by atoms with Crippen LogP contribution in [0.15, 0.2) is 60.8 Å².